The van der Waals surface area contributed by atoms with Crippen LogP contribution in [-0.2, 0) is 14.6 Å². The van der Waals surface area contributed by atoms with E-state index in [-0.39, 0.29) is 12.5 Å². The van der Waals surface area contributed by atoms with Crippen molar-refractivity contribution in [3.05, 3.63) is 71.8 Å². The number of rotatable bonds is 8. The first-order valence-electron chi connectivity index (χ1n) is 10.8. The summed E-state index contributed by atoms with van der Waals surface area (Å²) < 4.78 is 29.7. The molecule has 2 aromatic rings. The van der Waals surface area contributed by atoms with Crippen molar-refractivity contribution in [3.8, 4) is 0 Å². The second kappa shape index (κ2) is 10.8. The molecule has 1 aliphatic rings. The Balaban J connectivity index is 1.79. The van der Waals surface area contributed by atoms with Crippen LogP contribution in [-0.4, -0.2) is 58.2 Å². The third-order valence-electron chi connectivity index (χ3n) is 5.94. The zero-order chi connectivity index (χ0) is 22.2. The van der Waals surface area contributed by atoms with Gasteiger partial charge in [-0.25, -0.2) is 8.42 Å². The van der Waals surface area contributed by atoms with Gasteiger partial charge in [-0.2, -0.15) is 0 Å². The summed E-state index contributed by atoms with van der Waals surface area (Å²) in [7, 11) is -3.26. The fraction of sp³-hybridized carbons (Fsp3) is 0.458. The molecule has 1 aliphatic heterocycles. The van der Waals surface area contributed by atoms with Crippen molar-refractivity contribution in [3.63, 3.8) is 0 Å². The summed E-state index contributed by atoms with van der Waals surface area (Å²) in [6, 6.07) is 20.7. The highest BCUT2D eigenvalue weighted by molar-refractivity contribution is 7.92. The molecule has 2 aromatic carbocycles. The Bertz CT molecular complexity index is 901. The maximum atomic E-state index is 12.5. The molecule has 0 bridgehead atoms. The highest BCUT2D eigenvalue weighted by Crippen LogP contribution is 2.30. The second-order valence-corrected chi connectivity index (χ2v) is 10.4. The molecule has 1 heterocycles. The molecule has 3 rings (SSSR count). The molecule has 0 aliphatic carbocycles. The molecule has 6 nitrogen and oxygen atoms in total. The minimum Gasteiger partial charge on any atom is -0.381 e. The summed E-state index contributed by atoms with van der Waals surface area (Å²) in [6.07, 6.45) is 2.27. The molecular formula is C24H33N3O3S. The Kier molecular flexibility index (Phi) is 8.09. The van der Waals surface area contributed by atoms with Gasteiger partial charge in [0, 0.05) is 38.5 Å². The summed E-state index contributed by atoms with van der Waals surface area (Å²) in [5.41, 5.74) is 2.43. The lowest BCUT2D eigenvalue weighted by atomic mass is 9.91. The van der Waals surface area contributed by atoms with Crippen molar-refractivity contribution in [2.45, 2.75) is 30.4 Å². The fourth-order valence-electron chi connectivity index (χ4n) is 3.95. The first-order chi connectivity index (χ1) is 15.0. The number of benzene rings is 2. The lowest BCUT2D eigenvalue weighted by Gasteiger charge is -2.34. The Morgan fingerprint density at radius 1 is 1.00 bits per heavy atom. The van der Waals surface area contributed by atoms with Gasteiger partial charge in [0.25, 0.3) is 0 Å². The second-order valence-electron chi connectivity index (χ2n) is 8.02. The van der Waals surface area contributed by atoms with E-state index in [1.165, 1.54) is 17.4 Å². The summed E-state index contributed by atoms with van der Waals surface area (Å²) in [5, 5.41) is 6.70. The Hall–Kier alpha value is -2.38. The van der Waals surface area contributed by atoms with Crippen LogP contribution in [0.4, 0.5) is 0 Å². The van der Waals surface area contributed by atoms with E-state index in [0.29, 0.717) is 45.1 Å². The van der Waals surface area contributed by atoms with Crippen molar-refractivity contribution in [2.75, 3.05) is 39.1 Å². The topological polar surface area (TPSA) is 79.8 Å². The van der Waals surface area contributed by atoms with Crippen molar-refractivity contribution in [1.82, 2.24) is 10.6 Å². The predicted octanol–water partition coefficient (Wildman–Crippen LogP) is 2.97. The van der Waals surface area contributed by atoms with Gasteiger partial charge in [-0.3, -0.25) is 4.99 Å². The van der Waals surface area contributed by atoms with Crippen LogP contribution >= 0.6 is 0 Å². The summed E-state index contributed by atoms with van der Waals surface area (Å²) in [4.78, 5) is 4.69. The number of nitrogens with one attached hydrogen (secondary N) is 2. The lowest BCUT2D eigenvalue weighted by Crippen LogP contribution is -2.47. The minimum absolute atomic E-state index is 0.151. The highest BCUT2D eigenvalue weighted by Gasteiger charge is 2.42. The number of sulfone groups is 1. The van der Waals surface area contributed by atoms with Crippen LogP contribution in [0.15, 0.2) is 65.7 Å². The van der Waals surface area contributed by atoms with Gasteiger partial charge in [-0.05, 0) is 30.9 Å². The van der Waals surface area contributed by atoms with E-state index >= 15 is 0 Å². The van der Waals surface area contributed by atoms with Crippen molar-refractivity contribution < 1.29 is 13.2 Å². The molecule has 31 heavy (non-hydrogen) atoms. The van der Waals surface area contributed by atoms with Gasteiger partial charge in [-0.1, -0.05) is 60.7 Å². The van der Waals surface area contributed by atoms with Gasteiger partial charge in [0.1, 0.15) is 0 Å². The van der Waals surface area contributed by atoms with Gasteiger partial charge in [0.15, 0.2) is 15.8 Å². The number of ether oxygens (including phenoxy) is 1. The van der Waals surface area contributed by atoms with Gasteiger partial charge < -0.3 is 15.4 Å². The number of nitrogens with zero attached hydrogens (tertiary/aromatic N) is 1. The molecule has 7 heteroatoms. The monoisotopic (exact) mass is 443 g/mol. The van der Waals surface area contributed by atoms with Crippen LogP contribution < -0.4 is 10.6 Å². The van der Waals surface area contributed by atoms with E-state index < -0.39 is 14.6 Å². The average molecular weight is 444 g/mol. The molecule has 1 saturated heterocycles. The average Bonchev–Trinajstić information content (AvgIpc) is 2.79. The number of hydrogen-bond acceptors (Lipinski definition) is 4. The Morgan fingerprint density at radius 3 is 2.03 bits per heavy atom. The van der Waals surface area contributed by atoms with Gasteiger partial charge in [0.05, 0.1) is 11.3 Å². The molecule has 0 atom stereocenters. The highest BCUT2D eigenvalue weighted by atomic mass is 32.2. The third kappa shape index (κ3) is 6.08. The van der Waals surface area contributed by atoms with E-state index in [1.807, 2.05) is 43.3 Å². The lowest BCUT2D eigenvalue weighted by molar-refractivity contribution is 0.0768. The Labute approximate surface area is 186 Å². The molecule has 0 saturated carbocycles. The van der Waals surface area contributed by atoms with E-state index in [9.17, 15) is 8.42 Å². The first kappa shape index (κ1) is 23.3. The first-order valence-corrected chi connectivity index (χ1v) is 12.7. The zero-order valence-electron chi connectivity index (χ0n) is 18.4. The Morgan fingerprint density at radius 2 is 1.55 bits per heavy atom. The van der Waals surface area contributed by atoms with Gasteiger partial charge >= 0.3 is 0 Å². The van der Waals surface area contributed by atoms with E-state index in [4.69, 9.17) is 9.73 Å². The summed E-state index contributed by atoms with van der Waals surface area (Å²) in [6.45, 7) is 4.49. The third-order valence-corrected chi connectivity index (χ3v) is 8.05. The zero-order valence-corrected chi connectivity index (χ0v) is 19.2. The SMILES string of the molecule is CCNC(=NCC1(S(C)(=O)=O)CCOCC1)NCC(c1ccccc1)c1ccccc1. The number of aliphatic imine (C=N–C) groups is 1. The van der Waals surface area contributed by atoms with Gasteiger partial charge in [0.2, 0.25) is 0 Å². The number of guanidine groups is 1. The van der Waals surface area contributed by atoms with Crippen molar-refractivity contribution >= 4 is 15.8 Å². The normalized spacial score (nSPS) is 16.8. The quantitative estimate of drug-likeness (QED) is 0.484. The van der Waals surface area contributed by atoms with Crippen LogP contribution in [0.25, 0.3) is 0 Å². The summed E-state index contributed by atoms with van der Waals surface area (Å²) in [5.74, 6) is 0.784. The molecule has 0 unspecified atom stereocenters. The number of hydrogen-bond donors (Lipinski definition) is 2. The molecule has 0 amide bonds. The standard InChI is InChI=1S/C24H33N3O3S/c1-3-25-23(27-19-24(31(2,28)29)14-16-30-17-15-24)26-18-22(20-10-6-4-7-11-20)21-12-8-5-9-13-21/h4-13,22H,3,14-19H2,1-2H3,(H2,25,26,27). The molecule has 2 N–H and O–H groups in total. The van der Waals surface area contributed by atoms with Crippen LogP contribution in [0.5, 0.6) is 0 Å². The molecule has 1 fully saturated rings. The van der Waals surface area contributed by atoms with E-state index in [2.05, 4.69) is 34.9 Å². The minimum atomic E-state index is -3.26. The van der Waals surface area contributed by atoms with Crippen molar-refractivity contribution in [1.29, 1.82) is 0 Å². The molecule has 168 valence electrons. The van der Waals surface area contributed by atoms with Crippen LogP contribution in [0, 0.1) is 0 Å². The smallest absolute Gasteiger partial charge is 0.191 e. The predicted molar refractivity (Wildman–Crippen MR) is 126 cm³/mol. The molecule has 0 aromatic heterocycles. The van der Waals surface area contributed by atoms with E-state index in [1.54, 1.807) is 0 Å². The maximum absolute atomic E-state index is 12.5. The van der Waals surface area contributed by atoms with Crippen LogP contribution in [0.1, 0.15) is 36.8 Å². The van der Waals surface area contributed by atoms with Crippen LogP contribution in [0.2, 0.25) is 0 Å². The van der Waals surface area contributed by atoms with Crippen molar-refractivity contribution in [2.24, 2.45) is 4.99 Å². The molecule has 0 radical (unpaired) electrons. The maximum Gasteiger partial charge on any atom is 0.191 e. The molecule has 0 spiro atoms. The largest absolute Gasteiger partial charge is 0.381 e. The summed E-state index contributed by atoms with van der Waals surface area (Å²) >= 11 is 0. The van der Waals surface area contributed by atoms with Gasteiger partial charge in [-0.15, -0.1) is 0 Å². The molecular weight excluding hydrogens is 410 g/mol. The van der Waals surface area contributed by atoms with E-state index in [0.717, 1.165) is 0 Å². The fourth-order valence-corrected chi connectivity index (χ4v) is 5.16. The van der Waals surface area contributed by atoms with Crippen LogP contribution in [0.3, 0.4) is 0 Å².